The Balaban J connectivity index is 2.63. The number of hydrogen-bond acceptors (Lipinski definition) is 3. The lowest BCUT2D eigenvalue weighted by atomic mass is 10.3. The molecule has 1 aromatic heterocycles. The number of rotatable bonds is 3. The summed E-state index contributed by atoms with van der Waals surface area (Å²) in [5.74, 6) is 0. The maximum atomic E-state index is 8.97. The number of hydrogen-bond donors (Lipinski definition) is 1. The molecule has 1 atom stereocenters. The van der Waals surface area contributed by atoms with Gasteiger partial charge in [0.25, 0.3) is 0 Å². The van der Waals surface area contributed by atoms with Gasteiger partial charge in [0.05, 0.1) is 16.8 Å². The maximum absolute atomic E-state index is 8.97. The van der Waals surface area contributed by atoms with E-state index in [0.29, 0.717) is 0 Å². The van der Waals surface area contributed by atoms with E-state index in [2.05, 4.69) is 11.9 Å². The molecule has 66 valence electrons. The van der Waals surface area contributed by atoms with Crippen LogP contribution in [-0.4, -0.2) is 16.2 Å². The van der Waals surface area contributed by atoms with E-state index in [0.717, 1.165) is 17.1 Å². The van der Waals surface area contributed by atoms with Gasteiger partial charge in [-0.1, -0.05) is 13.0 Å². The van der Waals surface area contributed by atoms with Gasteiger partial charge in [-0.05, 0) is 19.4 Å². The van der Waals surface area contributed by atoms with Crippen molar-refractivity contribution in [2.24, 2.45) is 0 Å². The van der Waals surface area contributed by atoms with Crippen LogP contribution in [0.15, 0.2) is 11.5 Å². The number of thiazole rings is 1. The van der Waals surface area contributed by atoms with Crippen molar-refractivity contribution in [1.82, 2.24) is 4.98 Å². The highest BCUT2D eigenvalue weighted by Gasteiger charge is 1.95. The van der Waals surface area contributed by atoms with E-state index in [1.807, 2.05) is 11.5 Å². The van der Waals surface area contributed by atoms with Crippen LogP contribution in [0, 0.1) is 0 Å². The van der Waals surface area contributed by atoms with E-state index in [4.69, 9.17) is 5.11 Å². The van der Waals surface area contributed by atoms with Gasteiger partial charge >= 0.3 is 0 Å². The molecule has 1 unspecified atom stereocenters. The summed E-state index contributed by atoms with van der Waals surface area (Å²) in [6.45, 7) is 3.81. The lowest BCUT2D eigenvalue weighted by molar-refractivity contribution is 0.245. The molecule has 12 heavy (non-hydrogen) atoms. The predicted molar refractivity (Wildman–Crippen MR) is 52.2 cm³/mol. The SMILES string of the molecule is CCc1nc(/C=C/C(C)O)cs1. The number of aliphatic hydroxyl groups excluding tert-OH is 1. The Hall–Kier alpha value is -0.670. The van der Waals surface area contributed by atoms with Crippen LogP contribution in [0.5, 0.6) is 0 Å². The topological polar surface area (TPSA) is 33.1 Å². The molecule has 1 heterocycles. The molecule has 0 aliphatic rings. The summed E-state index contributed by atoms with van der Waals surface area (Å²) < 4.78 is 0. The summed E-state index contributed by atoms with van der Waals surface area (Å²) in [7, 11) is 0. The molecule has 0 fully saturated rings. The molecule has 0 spiro atoms. The van der Waals surface area contributed by atoms with Crippen molar-refractivity contribution in [3.05, 3.63) is 22.2 Å². The van der Waals surface area contributed by atoms with Gasteiger partial charge in [-0.25, -0.2) is 4.98 Å². The maximum Gasteiger partial charge on any atom is 0.0929 e. The van der Waals surface area contributed by atoms with Crippen molar-refractivity contribution in [3.63, 3.8) is 0 Å². The normalized spacial score (nSPS) is 13.9. The van der Waals surface area contributed by atoms with Gasteiger partial charge in [-0.2, -0.15) is 0 Å². The first-order valence-corrected chi connectivity index (χ1v) is 4.91. The van der Waals surface area contributed by atoms with Gasteiger partial charge in [-0.15, -0.1) is 11.3 Å². The van der Waals surface area contributed by atoms with Crippen LogP contribution in [0.4, 0.5) is 0 Å². The quantitative estimate of drug-likeness (QED) is 0.778. The van der Waals surface area contributed by atoms with E-state index in [1.54, 1.807) is 24.3 Å². The van der Waals surface area contributed by atoms with Crippen LogP contribution in [0.2, 0.25) is 0 Å². The molecule has 1 rings (SSSR count). The zero-order valence-electron chi connectivity index (χ0n) is 7.32. The molecule has 1 N–H and O–H groups in total. The fourth-order valence-electron chi connectivity index (χ4n) is 0.802. The molecular weight excluding hydrogens is 170 g/mol. The first kappa shape index (κ1) is 9.42. The van der Waals surface area contributed by atoms with Gasteiger partial charge in [-0.3, -0.25) is 0 Å². The second-order valence-electron chi connectivity index (χ2n) is 2.62. The molecule has 0 aliphatic carbocycles. The third-order valence-electron chi connectivity index (χ3n) is 1.42. The summed E-state index contributed by atoms with van der Waals surface area (Å²) >= 11 is 1.66. The number of aliphatic hydroxyl groups is 1. The molecule has 3 heteroatoms. The summed E-state index contributed by atoms with van der Waals surface area (Å²) in [6, 6.07) is 0. The van der Waals surface area contributed by atoms with Crippen LogP contribution in [0.25, 0.3) is 6.08 Å². The zero-order valence-corrected chi connectivity index (χ0v) is 8.14. The number of nitrogens with zero attached hydrogens (tertiary/aromatic N) is 1. The number of aromatic nitrogens is 1. The van der Waals surface area contributed by atoms with Crippen LogP contribution < -0.4 is 0 Å². The molecule has 0 saturated heterocycles. The van der Waals surface area contributed by atoms with E-state index >= 15 is 0 Å². The van der Waals surface area contributed by atoms with Gasteiger partial charge in [0, 0.05) is 5.38 Å². The Kier molecular flexibility index (Phi) is 3.44. The van der Waals surface area contributed by atoms with Crippen LogP contribution in [0.3, 0.4) is 0 Å². The molecule has 0 aliphatic heterocycles. The van der Waals surface area contributed by atoms with E-state index in [9.17, 15) is 0 Å². The lowest BCUT2D eigenvalue weighted by Gasteiger charge is -1.90. The predicted octanol–water partition coefficient (Wildman–Crippen LogP) is 2.10. The standard InChI is InChI=1S/C9H13NOS/c1-3-9-10-8(6-12-9)5-4-7(2)11/h4-7,11H,3H2,1-2H3/b5-4+. The van der Waals surface area contributed by atoms with Crippen molar-refractivity contribution in [2.45, 2.75) is 26.4 Å². The minimum absolute atomic E-state index is 0.392. The van der Waals surface area contributed by atoms with Crippen molar-refractivity contribution < 1.29 is 5.11 Å². The number of aryl methyl sites for hydroxylation is 1. The van der Waals surface area contributed by atoms with Crippen molar-refractivity contribution in [1.29, 1.82) is 0 Å². The highest BCUT2D eigenvalue weighted by atomic mass is 32.1. The Morgan fingerprint density at radius 3 is 3.00 bits per heavy atom. The van der Waals surface area contributed by atoms with Gasteiger partial charge in [0.2, 0.25) is 0 Å². The van der Waals surface area contributed by atoms with E-state index in [1.165, 1.54) is 0 Å². The molecule has 0 radical (unpaired) electrons. The Morgan fingerprint density at radius 1 is 1.75 bits per heavy atom. The summed E-state index contributed by atoms with van der Waals surface area (Å²) in [5, 5.41) is 12.1. The Labute approximate surface area is 76.6 Å². The van der Waals surface area contributed by atoms with Crippen LogP contribution in [0.1, 0.15) is 24.5 Å². The minimum atomic E-state index is -0.392. The summed E-state index contributed by atoms with van der Waals surface area (Å²) in [6.07, 6.45) is 4.17. The molecule has 2 nitrogen and oxygen atoms in total. The average molecular weight is 183 g/mol. The van der Waals surface area contributed by atoms with Gasteiger partial charge in [0.1, 0.15) is 0 Å². The van der Waals surface area contributed by atoms with Crippen LogP contribution >= 0.6 is 11.3 Å². The Morgan fingerprint density at radius 2 is 2.50 bits per heavy atom. The first-order chi connectivity index (χ1) is 5.72. The van der Waals surface area contributed by atoms with Crippen molar-refractivity contribution in [3.8, 4) is 0 Å². The van der Waals surface area contributed by atoms with Gasteiger partial charge in [0.15, 0.2) is 0 Å². The molecule has 0 aromatic carbocycles. The second kappa shape index (κ2) is 4.38. The fourth-order valence-corrected chi connectivity index (χ4v) is 1.51. The fraction of sp³-hybridized carbons (Fsp3) is 0.444. The smallest absolute Gasteiger partial charge is 0.0929 e. The van der Waals surface area contributed by atoms with Crippen molar-refractivity contribution in [2.75, 3.05) is 0 Å². The highest BCUT2D eigenvalue weighted by Crippen LogP contribution is 2.11. The lowest BCUT2D eigenvalue weighted by Crippen LogP contribution is -1.91. The van der Waals surface area contributed by atoms with E-state index < -0.39 is 6.10 Å². The third kappa shape index (κ3) is 2.75. The molecular formula is C9H13NOS. The minimum Gasteiger partial charge on any atom is -0.389 e. The summed E-state index contributed by atoms with van der Waals surface area (Å²) in [4.78, 5) is 4.32. The molecule has 1 aromatic rings. The van der Waals surface area contributed by atoms with Gasteiger partial charge < -0.3 is 5.11 Å². The second-order valence-corrected chi connectivity index (χ2v) is 3.56. The van der Waals surface area contributed by atoms with Crippen LogP contribution in [-0.2, 0) is 6.42 Å². The van der Waals surface area contributed by atoms with E-state index in [-0.39, 0.29) is 0 Å². The largest absolute Gasteiger partial charge is 0.389 e. The molecule has 0 bridgehead atoms. The summed E-state index contributed by atoms with van der Waals surface area (Å²) in [5.41, 5.74) is 0.942. The Bertz CT molecular complexity index is 265. The monoisotopic (exact) mass is 183 g/mol. The third-order valence-corrected chi connectivity index (χ3v) is 2.43. The zero-order chi connectivity index (χ0) is 8.97. The highest BCUT2D eigenvalue weighted by molar-refractivity contribution is 7.09. The molecule has 0 amide bonds. The van der Waals surface area contributed by atoms with Crippen molar-refractivity contribution >= 4 is 17.4 Å². The molecule has 0 saturated carbocycles. The first-order valence-electron chi connectivity index (χ1n) is 4.03. The average Bonchev–Trinajstić information content (AvgIpc) is 2.48.